The molecule has 4 heterocycles. The minimum absolute atomic E-state index is 0.404. The molecule has 0 amide bonds. The number of imidazole rings is 2. The van der Waals surface area contributed by atoms with Crippen LogP contribution in [0.2, 0.25) is 0 Å². The van der Waals surface area contributed by atoms with Gasteiger partial charge in [0, 0.05) is 34.9 Å². The zero-order valence-electron chi connectivity index (χ0n) is 23.8. The van der Waals surface area contributed by atoms with Crippen molar-refractivity contribution in [3.8, 4) is 12.1 Å². The molecule has 2 aliphatic heterocycles. The number of benzene rings is 3. The van der Waals surface area contributed by atoms with E-state index in [0.717, 1.165) is 22.4 Å². The van der Waals surface area contributed by atoms with Crippen LogP contribution in [0.1, 0.15) is 38.0 Å². The fourth-order valence-electron chi connectivity index (χ4n) is 5.88. The van der Waals surface area contributed by atoms with Gasteiger partial charge < -0.3 is 20.8 Å². The number of allylic oxidation sites excluding steroid dienone is 2. The quantitative estimate of drug-likeness (QED) is 0.204. The summed E-state index contributed by atoms with van der Waals surface area (Å²) in [6.07, 6.45) is 1.34. The predicted molar refractivity (Wildman–Crippen MR) is 168 cm³/mol. The minimum atomic E-state index is -1.03. The van der Waals surface area contributed by atoms with Crippen LogP contribution in [-0.4, -0.2) is 29.3 Å². The number of hydrogen-bond acceptors (Lipinski definition) is 8. The lowest BCUT2D eigenvalue weighted by Gasteiger charge is -2.26. The zero-order valence-corrected chi connectivity index (χ0v) is 23.8. The van der Waals surface area contributed by atoms with Gasteiger partial charge in [0.25, 0.3) is 0 Å². The molecular formula is C34H26N8O2. The molecule has 0 bridgehead atoms. The van der Waals surface area contributed by atoms with Gasteiger partial charge in [0.05, 0.1) is 33.2 Å². The van der Waals surface area contributed by atoms with Crippen molar-refractivity contribution in [1.29, 1.82) is 10.5 Å². The molecular weight excluding hydrogens is 552 g/mol. The van der Waals surface area contributed by atoms with Gasteiger partial charge in [-0.15, -0.1) is 0 Å². The highest BCUT2D eigenvalue weighted by atomic mass is 16.3. The van der Waals surface area contributed by atoms with Gasteiger partial charge in [-0.2, -0.15) is 10.5 Å². The Balaban J connectivity index is 1.18. The number of nitriles is 2. The monoisotopic (exact) mass is 578 g/mol. The summed E-state index contributed by atoms with van der Waals surface area (Å²) in [5.41, 5.74) is 7.56. The Hall–Kier alpha value is -5.94. The maximum absolute atomic E-state index is 11.4. The first-order valence-electron chi connectivity index (χ1n) is 14.0. The number of nitrogens with one attached hydrogen (secondary N) is 2. The number of aliphatic hydroxyl groups is 2. The van der Waals surface area contributed by atoms with Gasteiger partial charge in [-0.3, -0.25) is 9.13 Å². The molecule has 4 N–H and O–H groups in total. The van der Waals surface area contributed by atoms with E-state index in [-0.39, 0.29) is 0 Å². The Morgan fingerprint density at radius 3 is 1.55 bits per heavy atom. The standard InChI is InChI=1S/C34H26N8O2/c1-19-23(15-35)31-39-27-10-3-5-12-29(27)41(31)33(43)25(19)17-37-21-8-7-9-22(14-21)38-18-26-20(2)24(16-36)32-40-28-11-4-6-13-30(28)42(32)34(26)44/h3-14,17-18,33-34,37-38,43-44H,1-2H3/b25-17-,26-18-/t33-,34-/m0/s1. The first-order chi connectivity index (χ1) is 21.4. The lowest BCUT2D eigenvalue weighted by molar-refractivity contribution is 0.145. The van der Waals surface area contributed by atoms with Gasteiger partial charge in [-0.1, -0.05) is 30.3 Å². The van der Waals surface area contributed by atoms with Crippen molar-refractivity contribution in [3.05, 3.63) is 119 Å². The second kappa shape index (κ2) is 10.4. The van der Waals surface area contributed by atoms with Crippen LogP contribution in [0.4, 0.5) is 11.4 Å². The van der Waals surface area contributed by atoms with Crippen molar-refractivity contribution >= 4 is 44.6 Å². The summed E-state index contributed by atoms with van der Waals surface area (Å²) in [7, 11) is 0. The Kier molecular flexibility index (Phi) is 6.37. The molecule has 0 spiro atoms. The summed E-state index contributed by atoms with van der Waals surface area (Å²) in [6.45, 7) is 3.61. The summed E-state index contributed by atoms with van der Waals surface area (Å²) >= 11 is 0. The molecule has 5 aromatic rings. The highest BCUT2D eigenvalue weighted by Crippen LogP contribution is 2.40. The topological polar surface area (TPSA) is 148 Å². The third kappa shape index (κ3) is 4.09. The molecule has 0 unspecified atom stereocenters. The van der Waals surface area contributed by atoms with Crippen molar-refractivity contribution in [1.82, 2.24) is 19.1 Å². The van der Waals surface area contributed by atoms with Crippen LogP contribution in [0.25, 0.3) is 33.2 Å². The van der Waals surface area contributed by atoms with Crippen LogP contribution in [0.15, 0.2) is 107 Å². The first-order valence-corrected chi connectivity index (χ1v) is 14.0. The maximum atomic E-state index is 11.4. The molecule has 0 saturated heterocycles. The van der Waals surface area contributed by atoms with E-state index < -0.39 is 12.5 Å². The number of hydrogen-bond donors (Lipinski definition) is 4. The molecule has 7 rings (SSSR count). The van der Waals surface area contributed by atoms with E-state index in [2.05, 4.69) is 32.7 Å². The number of nitrogens with zero attached hydrogens (tertiary/aromatic N) is 6. The molecule has 2 aromatic heterocycles. The molecule has 0 radical (unpaired) electrons. The number of rotatable bonds is 4. The normalized spacial score (nSPS) is 19.7. The van der Waals surface area contributed by atoms with Crippen LogP contribution < -0.4 is 10.6 Å². The first kappa shape index (κ1) is 26.9. The van der Waals surface area contributed by atoms with Crippen molar-refractivity contribution in [3.63, 3.8) is 0 Å². The fourth-order valence-corrected chi connectivity index (χ4v) is 5.88. The molecule has 0 aliphatic carbocycles. The Bertz CT molecular complexity index is 2060. The van der Waals surface area contributed by atoms with E-state index in [1.807, 2.05) is 72.8 Å². The predicted octanol–water partition coefficient (Wildman–Crippen LogP) is 5.98. The lowest BCUT2D eigenvalue weighted by Crippen LogP contribution is -2.20. The Labute approximate surface area is 252 Å². The van der Waals surface area contributed by atoms with E-state index >= 15 is 0 Å². The molecule has 10 heteroatoms. The average Bonchev–Trinajstić information content (AvgIpc) is 3.61. The molecule has 44 heavy (non-hydrogen) atoms. The van der Waals surface area contributed by atoms with Gasteiger partial charge in [0.15, 0.2) is 24.1 Å². The van der Waals surface area contributed by atoms with Crippen LogP contribution in [-0.2, 0) is 0 Å². The summed E-state index contributed by atoms with van der Waals surface area (Å²) < 4.78 is 3.35. The molecule has 3 aromatic carbocycles. The van der Waals surface area contributed by atoms with Crippen molar-refractivity contribution < 1.29 is 10.2 Å². The molecule has 0 saturated carbocycles. The van der Waals surface area contributed by atoms with Gasteiger partial charge >= 0.3 is 0 Å². The van der Waals surface area contributed by atoms with Gasteiger partial charge in [0.2, 0.25) is 0 Å². The van der Waals surface area contributed by atoms with Gasteiger partial charge in [0.1, 0.15) is 12.1 Å². The van der Waals surface area contributed by atoms with E-state index in [1.165, 1.54) is 0 Å². The second-order valence-electron chi connectivity index (χ2n) is 10.6. The summed E-state index contributed by atoms with van der Waals surface area (Å²) in [5.74, 6) is 0.888. The Morgan fingerprint density at radius 1 is 0.682 bits per heavy atom. The number of fused-ring (bicyclic) bond motifs is 6. The molecule has 0 fully saturated rings. The van der Waals surface area contributed by atoms with Crippen molar-refractivity contribution in [2.24, 2.45) is 0 Å². The largest absolute Gasteiger partial charge is 0.369 e. The molecule has 214 valence electrons. The van der Waals surface area contributed by atoms with Crippen LogP contribution in [0.3, 0.4) is 0 Å². The SMILES string of the molecule is CC1=C(C#N)c2nc3ccccc3n2[C@@H](O)/C1=C\Nc1cccc(N/C=C2/C(C)=C(C#N)c3nc4ccccc4n3[C@H]2O)c1. The molecule has 2 atom stereocenters. The minimum Gasteiger partial charge on any atom is -0.369 e. The molecule has 10 nitrogen and oxygen atoms in total. The van der Waals surface area contributed by atoms with Crippen LogP contribution in [0, 0.1) is 22.7 Å². The van der Waals surface area contributed by atoms with E-state index in [4.69, 9.17) is 0 Å². The van der Waals surface area contributed by atoms with Crippen molar-refractivity contribution in [2.75, 3.05) is 10.6 Å². The smallest absolute Gasteiger partial charge is 0.160 e. The number of aliphatic hydroxyl groups excluding tert-OH is 2. The number of para-hydroxylation sites is 4. The number of aromatic nitrogens is 4. The Morgan fingerprint density at radius 2 is 1.11 bits per heavy atom. The fraction of sp³-hybridized carbons (Fsp3) is 0.118. The second-order valence-corrected chi connectivity index (χ2v) is 10.6. The lowest BCUT2D eigenvalue weighted by atomic mass is 9.97. The highest BCUT2D eigenvalue weighted by Gasteiger charge is 2.32. The third-order valence-electron chi connectivity index (χ3n) is 8.18. The zero-order chi connectivity index (χ0) is 30.5. The van der Waals surface area contributed by atoms with Crippen LogP contribution in [0.5, 0.6) is 0 Å². The summed E-state index contributed by atoms with van der Waals surface area (Å²) in [4.78, 5) is 9.18. The summed E-state index contributed by atoms with van der Waals surface area (Å²) in [5, 5.41) is 49.1. The maximum Gasteiger partial charge on any atom is 0.160 e. The average molecular weight is 579 g/mol. The van der Waals surface area contributed by atoms with Crippen LogP contribution >= 0.6 is 0 Å². The highest BCUT2D eigenvalue weighted by molar-refractivity contribution is 5.89. The van der Waals surface area contributed by atoms with Gasteiger partial charge in [-0.25, -0.2) is 9.97 Å². The molecule has 2 aliphatic rings. The summed E-state index contributed by atoms with van der Waals surface area (Å²) in [6, 6.07) is 27.0. The third-order valence-corrected chi connectivity index (χ3v) is 8.18. The van der Waals surface area contributed by atoms with E-state index in [1.54, 1.807) is 35.4 Å². The van der Waals surface area contributed by atoms with Crippen molar-refractivity contribution in [2.45, 2.75) is 26.3 Å². The van der Waals surface area contributed by atoms with E-state index in [9.17, 15) is 20.7 Å². The number of anilines is 2. The van der Waals surface area contributed by atoms with E-state index in [0.29, 0.717) is 56.1 Å². The van der Waals surface area contributed by atoms with Gasteiger partial charge in [-0.05, 0) is 67.5 Å².